The average molecular weight is 585 g/mol. The topological polar surface area (TPSA) is 80.9 Å². The normalized spacial score (nSPS) is 11.6. The molecule has 0 aromatic heterocycles. The van der Waals surface area contributed by atoms with E-state index < -0.39 is 0 Å². The van der Waals surface area contributed by atoms with Gasteiger partial charge >= 0.3 is 0 Å². The fraction of sp³-hybridized carbons (Fsp3) is 0.0244. The van der Waals surface area contributed by atoms with E-state index in [1.54, 1.807) is 12.1 Å². The van der Waals surface area contributed by atoms with Crippen molar-refractivity contribution >= 4 is 43.1 Å². The van der Waals surface area contributed by atoms with Crippen molar-refractivity contribution in [2.45, 2.75) is 6.42 Å². The molecule has 4 heteroatoms. The first kappa shape index (κ1) is 26.6. The van der Waals surface area contributed by atoms with Crippen LogP contribution in [0.15, 0.2) is 133 Å². The molecule has 0 aliphatic heterocycles. The van der Waals surface area contributed by atoms with Crippen molar-refractivity contribution in [2.24, 2.45) is 0 Å². The number of rotatable bonds is 4. The summed E-state index contributed by atoms with van der Waals surface area (Å²) in [6.07, 6.45) is 0.213. The van der Waals surface area contributed by atoms with Crippen LogP contribution in [0.5, 0.6) is 23.0 Å². The van der Waals surface area contributed by atoms with Gasteiger partial charge < -0.3 is 20.4 Å². The molecule has 216 valence electrons. The maximum absolute atomic E-state index is 12.0. The molecule has 0 bridgehead atoms. The molecule has 0 saturated heterocycles. The van der Waals surface area contributed by atoms with Gasteiger partial charge in [0.25, 0.3) is 0 Å². The molecule has 8 aromatic rings. The number of phenols is 4. The molecule has 0 aliphatic carbocycles. The third kappa shape index (κ3) is 4.22. The first-order valence-electron chi connectivity index (χ1n) is 14.9. The van der Waals surface area contributed by atoms with Crippen LogP contribution in [-0.2, 0) is 6.42 Å². The van der Waals surface area contributed by atoms with E-state index in [0.29, 0.717) is 33.4 Å². The maximum Gasteiger partial charge on any atom is 0.127 e. The van der Waals surface area contributed by atoms with Crippen LogP contribution in [0.4, 0.5) is 0 Å². The average Bonchev–Trinajstić information content (AvgIpc) is 3.07. The molecule has 8 aromatic carbocycles. The first-order valence-corrected chi connectivity index (χ1v) is 14.9. The smallest absolute Gasteiger partial charge is 0.127 e. The van der Waals surface area contributed by atoms with Crippen molar-refractivity contribution in [2.75, 3.05) is 0 Å². The Bertz CT molecular complexity index is 2290. The lowest BCUT2D eigenvalue weighted by molar-refractivity contribution is 0.462. The highest BCUT2D eigenvalue weighted by Gasteiger charge is 2.23. The molecule has 0 aliphatic rings. The Morgan fingerprint density at radius 2 is 0.667 bits per heavy atom. The van der Waals surface area contributed by atoms with Gasteiger partial charge in [-0.1, -0.05) is 109 Å². The van der Waals surface area contributed by atoms with Crippen LogP contribution in [0.3, 0.4) is 0 Å². The van der Waals surface area contributed by atoms with Gasteiger partial charge in [-0.25, -0.2) is 0 Å². The maximum atomic E-state index is 12.0. The number of hydrogen-bond donors (Lipinski definition) is 4. The van der Waals surface area contributed by atoms with Crippen molar-refractivity contribution in [3.8, 4) is 45.3 Å². The van der Waals surface area contributed by atoms with Crippen molar-refractivity contribution in [1.29, 1.82) is 0 Å². The van der Waals surface area contributed by atoms with Gasteiger partial charge in [-0.2, -0.15) is 0 Å². The zero-order chi connectivity index (χ0) is 30.7. The minimum Gasteiger partial charge on any atom is -0.507 e. The summed E-state index contributed by atoms with van der Waals surface area (Å²) in [7, 11) is 0. The van der Waals surface area contributed by atoms with Crippen LogP contribution in [0.2, 0.25) is 0 Å². The fourth-order valence-electron chi connectivity index (χ4n) is 6.82. The Kier molecular flexibility index (Phi) is 6.10. The Morgan fingerprint density at radius 1 is 0.333 bits per heavy atom. The summed E-state index contributed by atoms with van der Waals surface area (Å²) in [5.41, 5.74) is 3.43. The number of aromatic hydroxyl groups is 4. The molecule has 4 nitrogen and oxygen atoms in total. The third-order valence-corrected chi connectivity index (χ3v) is 8.90. The highest BCUT2D eigenvalue weighted by Crippen LogP contribution is 2.49. The zero-order valence-corrected chi connectivity index (χ0v) is 24.2. The molecule has 0 heterocycles. The lowest BCUT2D eigenvalue weighted by Crippen LogP contribution is -1.96. The molecule has 8 rings (SSSR count). The van der Waals surface area contributed by atoms with E-state index in [2.05, 4.69) is 0 Å². The van der Waals surface area contributed by atoms with E-state index in [0.717, 1.165) is 43.1 Å². The van der Waals surface area contributed by atoms with Crippen LogP contribution in [0.25, 0.3) is 65.3 Å². The number of hydrogen-bond acceptors (Lipinski definition) is 4. The molecule has 0 amide bonds. The molecule has 0 unspecified atom stereocenters. The second-order valence-electron chi connectivity index (χ2n) is 11.5. The van der Waals surface area contributed by atoms with Crippen LogP contribution in [-0.4, -0.2) is 20.4 Å². The first-order chi connectivity index (χ1) is 22.0. The van der Waals surface area contributed by atoms with Gasteiger partial charge in [-0.3, -0.25) is 0 Å². The Labute approximate surface area is 259 Å². The predicted octanol–water partition coefficient (Wildman–Crippen LogP) is 10.0. The quantitative estimate of drug-likeness (QED) is 0.166. The summed E-state index contributed by atoms with van der Waals surface area (Å²) < 4.78 is 0. The van der Waals surface area contributed by atoms with Crippen molar-refractivity contribution < 1.29 is 20.4 Å². The SMILES string of the molecule is Oc1ccc2ccccc2c1-c1c(O)c(Cc2cc3ccccc3c(-c3c(O)ccc4ccccc34)c2O)cc2ccccc12. The Morgan fingerprint density at radius 3 is 1.07 bits per heavy atom. The van der Waals surface area contributed by atoms with Gasteiger partial charge in [-0.05, 0) is 78.5 Å². The van der Waals surface area contributed by atoms with E-state index in [-0.39, 0.29) is 29.4 Å². The lowest BCUT2D eigenvalue weighted by atomic mass is 9.86. The monoisotopic (exact) mass is 584 g/mol. The summed E-state index contributed by atoms with van der Waals surface area (Å²) in [6.45, 7) is 0. The molecule has 0 spiro atoms. The largest absolute Gasteiger partial charge is 0.507 e. The molecule has 0 atom stereocenters. The summed E-state index contributed by atoms with van der Waals surface area (Å²) >= 11 is 0. The van der Waals surface area contributed by atoms with Crippen molar-refractivity contribution in [3.63, 3.8) is 0 Å². The standard InChI is InChI=1S/C41H28O4/c42-34-19-17-24-9-1-5-13-30(24)36(34)38-32-15-7-3-11-26(32)21-28(40(38)44)23-29-22-27-12-4-8-16-33(27)39(41(29)45)37-31-14-6-2-10-25(31)18-20-35(37)43/h1-22,42-45H,23H2. The molecular formula is C41H28O4. The van der Waals surface area contributed by atoms with Gasteiger partial charge in [0.15, 0.2) is 0 Å². The molecule has 0 radical (unpaired) electrons. The Hall–Kier alpha value is -6.00. The minimum atomic E-state index is 0.0440. The molecule has 45 heavy (non-hydrogen) atoms. The molecular weight excluding hydrogens is 556 g/mol. The van der Waals surface area contributed by atoms with Crippen LogP contribution in [0, 0.1) is 0 Å². The molecule has 0 fully saturated rings. The number of benzene rings is 8. The minimum absolute atomic E-state index is 0.0440. The van der Waals surface area contributed by atoms with Crippen LogP contribution >= 0.6 is 0 Å². The number of phenolic OH excluding ortho intramolecular Hbond substituents is 4. The van der Waals surface area contributed by atoms with Crippen LogP contribution in [0.1, 0.15) is 11.1 Å². The van der Waals surface area contributed by atoms with Crippen molar-refractivity contribution in [3.05, 3.63) is 145 Å². The van der Waals surface area contributed by atoms with Gasteiger partial charge in [0.2, 0.25) is 0 Å². The highest BCUT2D eigenvalue weighted by atomic mass is 16.3. The van der Waals surface area contributed by atoms with E-state index in [4.69, 9.17) is 0 Å². The van der Waals surface area contributed by atoms with E-state index in [1.165, 1.54) is 0 Å². The molecule has 0 saturated carbocycles. The van der Waals surface area contributed by atoms with Gasteiger partial charge in [0.1, 0.15) is 23.0 Å². The Balaban J connectivity index is 1.40. The highest BCUT2D eigenvalue weighted by molar-refractivity contribution is 6.11. The summed E-state index contributed by atoms with van der Waals surface area (Å²) in [5.74, 6) is 0.243. The summed E-state index contributed by atoms with van der Waals surface area (Å²) in [6, 6.07) is 42.2. The van der Waals surface area contributed by atoms with Crippen LogP contribution < -0.4 is 0 Å². The lowest BCUT2D eigenvalue weighted by Gasteiger charge is -2.19. The number of fused-ring (bicyclic) bond motifs is 4. The van der Waals surface area contributed by atoms with Gasteiger partial charge in [0, 0.05) is 28.7 Å². The fourth-order valence-corrected chi connectivity index (χ4v) is 6.82. The van der Waals surface area contributed by atoms with E-state index in [1.807, 2.05) is 121 Å². The second-order valence-corrected chi connectivity index (χ2v) is 11.5. The van der Waals surface area contributed by atoms with Gasteiger partial charge in [-0.15, -0.1) is 0 Å². The van der Waals surface area contributed by atoms with E-state index >= 15 is 0 Å². The predicted molar refractivity (Wildman–Crippen MR) is 183 cm³/mol. The van der Waals surface area contributed by atoms with Crippen molar-refractivity contribution in [1.82, 2.24) is 0 Å². The summed E-state index contributed by atoms with van der Waals surface area (Å²) in [5, 5.41) is 53.4. The molecule has 4 N–H and O–H groups in total. The summed E-state index contributed by atoms with van der Waals surface area (Å²) in [4.78, 5) is 0. The second kappa shape index (κ2) is 10.3. The zero-order valence-electron chi connectivity index (χ0n) is 24.2. The third-order valence-electron chi connectivity index (χ3n) is 8.90. The van der Waals surface area contributed by atoms with E-state index in [9.17, 15) is 20.4 Å². The van der Waals surface area contributed by atoms with Gasteiger partial charge in [0.05, 0.1) is 0 Å².